The maximum Gasteiger partial charge on any atom is 0.153 e. The number of nitrogens with one attached hydrogen (secondary N) is 1. The molecule has 0 unspecified atom stereocenters. The summed E-state index contributed by atoms with van der Waals surface area (Å²) in [5.74, 6) is 0.626. The van der Waals surface area contributed by atoms with Gasteiger partial charge in [-0.3, -0.25) is 0 Å². The molecule has 3 heteroatoms. The molecule has 2 aromatic rings. The minimum Gasteiger partial charge on any atom is -0.356 e. The van der Waals surface area contributed by atoms with E-state index in [-0.39, 0.29) is 0 Å². The normalized spacial score (nSPS) is 11.6. The number of fused-ring (bicyclic) bond motifs is 1. The highest BCUT2D eigenvalue weighted by Gasteiger charge is 2.13. The highest BCUT2D eigenvalue weighted by atomic mass is 35.5. The first kappa shape index (κ1) is 11.5. The average Bonchev–Trinajstić information content (AvgIpc) is 2.49. The Hall–Kier alpha value is -1.02. The van der Waals surface area contributed by atoms with Crippen LogP contribution < -0.4 is 0 Å². The van der Waals surface area contributed by atoms with Crippen molar-refractivity contribution in [3.05, 3.63) is 28.2 Å². The summed E-state index contributed by atoms with van der Waals surface area (Å²) < 4.78 is 0. The lowest BCUT2D eigenvalue weighted by atomic mass is 9.99. The van der Waals surface area contributed by atoms with E-state index in [0.717, 1.165) is 11.9 Å². The molecule has 0 aliphatic rings. The minimum absolute atomic E-state index is 0.568. The first-order valence-electron chi connectivity index (χ1n) is 5.63. The van der Waals surface area contributed by atoms with Gasteiger partial charge >= 0.3 is 0 Å². The van der Waals surface area contributed by atoms with Crippen LogP contribution in [0.15, 0.2) is 6.20 Å². The third-order valence-corrected chi connectivity index (χ3v) is 3.28. The molecule has 0 radical (unpaired) electrons. The summed E-state index contributed by atoms with van der Waals surface area (Å²) in [5.41, 5.74) is 4.73. The molecule has 0 saturated heterocycles. The second-order valence-electron chi connectivity index (χ2n) is 4.80. The van der Waals surface area contributed by atoms with E-state index in [4.69, 9.17) is 11.6 Å². The summed E-state index contributed by atoms with van der Waals surface area (Å²) in [6, 6.07) is 0. The van der Waals surface area contributed by atoms with Crippen LogP contribution in [0.3, 0.4) is 0 Å². The summed E-state index contributed by atoms with van der Waals surface area (Å²) in [5, 5.41) is 1.82. The monoisotopic (exact) mass is 236 g/mol. The zero-order valence-electron chi connectivity index (χ0n) is 10.2. The van der Waals surface area contributed by atoms with Crippen LogP contribution in [-0.2, 0) is 6.42 Å². The molecular formula is C13H17ClN2. The van der Waals surface area contributed by atoms with Gasteiger partial charge < -0.3 is 4.98 Å². The number of halogens is 1. The van der Waals surface area contributed by atoms with Crippen LogP contribution in [0.25, 0.3) is 10.9 Å². The fraction of sp³-hybridized carbons (Fsp3) is 0.462. The fourth-order valence-corrected chi connectivity index (χ4v) is 2.32. The Morgan fingerprint density at radius 1 is 1.38 bits per heavy atom. The summed E-state index contributed by atoms with van der Waals surface area (Å²) in [4.78, 5) is 7.56. The van der Waals surface area contributed by atoms with Crippen LogP contribution >= 0.6 is 11.6 Å². The Morgan fingerprint density at radius 3 is 2.69 bits per heavy atom. The smallest absolute Gasteiger partial charge is 0.153 e. The van der Waals surface area contributed by atoms with Crippen molar-refractivity contribution in [2.24, 2.45) is 5.92 Å². The predicted molar refractivity (Wildman–Crippen MR) is 69.1 cm³/mol. The lowest BCUT2D eigenvalue weighted by molar-refractivity contribution is 0.648. The van der Waals surface area contributed by atoms with Crippen LogP contribution in [0.4, 0.5) is 0 Å². The van der Waals surface area contributed by atoms with Crippen molar-refractivity contribution in [2.45, 2.75) is 34.1 Å². The number of aromatic nitrogens is 2. The van der Waals surface area contributed by atoms with Crippen LogP contribution in [0.2, 0.25) is 5.15 Å². The molecule has 0 amide bonds. The standard InChI is InChI=1S/C13H17ClN2/c1-7(2)5-10-6-15-13(14)12-11(10)8(3)9(4)16-12/h6-7,16H,5H2,1-4H3. The van der Waals surface area contributed by atoms with Crippen LogP contribution in [-0.4, -0.2) is 9.97 Å². The summed E-state index contributed by atoms with van der Waals surface area (Å²) in [7, 11) is 0. The molecule has 0 bridgehead atoms. The quantitative estimate of drug-likeness (QED) is 0.784. The molecule has 0 saturated carbocycles. The van der Waals surface area contributed by atoms with Gasteiger partial charge in [-0.05, 0) is 37.3 Å². The minimum atomic E-state index is 0.568. The third-order valence-electron chi connectivity index (χ3n) is 2.99. The van der Waals surface area contributed by atoms with Gasteiger partial charge in [0.2, 0.25) is 0 Å². The van der Waals surface area contributed by atoms with Crippen molar-refractivity contribution in [3.63, 3.8) is 0 Å². The van der Waals surface area contributed by atoms with Crippen LogP contribution in [0, 0.1) is 19.8 Å². The highest BCUT2D eigenvalue weighted by Crippen LogP contribution is 2.30. The zero-order chi connectivity index (χ0) is 11.9. The summed E-state index contributed by atoms with van der Waals surface area (Å²) in [6.45, 7) is 8.64. The van der Waals surface area contributed by atoms with Crippen molar-refractivity contribution in [1.82, 2.24) is 9.97 Å². The molecule has 0 atom stereocenters. The highest BCUT2D eigenvalue weighted by molar-refractivity contribution is 6.34. The van der Waals surface area contributed by atoms with E-state index >= 15 is 0 Å². The topological polar surface area (TPSA) is 28.7 Å². The van der Waals surface area contributed by atoms with Gasteiger partial charge in [-0.2, -0.15) is 0 Å². The Bertz CT molecular complexity index is 526. The van der Waals surface area contributed by atoms with E-state index in [2.05, 4.69) is 37.7 Å². The van der Waals surface area contributed by atoms with Gasteiger partial charge in [-0.15, -0.1) is 0 Å². The maximum atomic E-state index is 6.11. The lowest BCUT2D eigenvalue weighted by Gasteiger charge is -2.07. The van der Waals surface area contributed by atoms with E-state index in [1.165, 1.54) is 22.2 Å². The Kier molecular flexibility index (Phi) is 2.94. The van der Waals surface area contributed by atoms with E-state index in [1.807, 2.05) is 6.20 Å². The number of aryl methyl sites for hydroxylation is 2. The molecule has 2 nitrogen and oxygen atoms in total. The van der Waals surface area contributed by atoms with Gasteiger partial charge in [0, 0.05) is 17.3 Å². The average molecular weight is 237 g/mol. The Morgan fingerprint density at radius 2 is 2.06 bits per heavy atom. The number of hydrogen-bond acceptors (Lipinski definition) is 1. The summed E-state index contributed by atoms with van der Waals surface area (Å²) in [6.07, 6.45) is 2.95. The first-order valence-corrected chi connectivity index (χ1v) is 6.00. The maximum absolute atomic E-state index is 6.11. The first-order chi connectivity index (χ1) is 7.50. The second-order valence-corrected chi connectivity index (χ2v) is 5.16. The van der Waals surface area contributed by atoms with Gasteiger partial charge in [-0.1, -0.05) is 25.4 Å². The van der Waals surface area contributed by atoms with Crippen molar-refractivity contribution >= 4 is 22.5 Å². The van der Waals surface area contributed by atoms with Gasteiger partial charge in [0.05, 0.1) is 5.52 Å². The molecule has 2 rings (SSSR count). The fourth-order valence-electron chi connectivity index (χ4n) is 2.13. The largest absolute Gasteiger partial charge is 0.356 e. The van der Waals surface area contributed by atoms with E-state index in [9.17, 15) is 0 Å². The van der Waals surface area contributed by atoms with Crippen LogP contribution in [0.1, 0.15) is 30.7 Å². The molecule has 0 aromatic carbocycles. The second kappa shape index (κ2) is 4.10. The summed E-state index contributed by atoms with van der Waals surface area (Å²) >= 11 is 6.11. The number of rotatable bonds is 2. The van der Waals surface area contributed by atoms with Gasteiger partial charge in [0.1, 0.15) is 0 Å². The van der Waals surface area contributed by atoms with Crippen molar-refractivity contribution < 1.29 is 0 Å². The van der Waals surface area contributed by atoms with Gasteiger partial charge in [-0.25, -0.2) is 4.98 Å². The number of nitrogens with zero attached hydrogens (tertiary/aromatic N) is 1. The Balaban J connectivity index is 2.71. The number of pyridine rings is 1. The number of hydrogen-bond donors (Lipinski definition) is 1. The number of H-pyrrole nitrogens is 1. The van der Waals surface area contributed by atoms with Gasteiger partial charge in [0.25, 0.3) is 0 Å². The van der Waals surface area contributed by atoms with E-state index in [0.29, 0.717) is 11.1 Å². The molecule has 0 fully saturated rings. The zero-order valence-corrected chi connectivity index (χ0v) is 10.9. The molecule has 0 aliphatic carbocycles. The Labute approximate surface area is 101 Å². The van der Waals surface area contributed by atoms with Crippen molar-refractivity contribution in [3.8, 4) is 0 Å². The molecule has 86 valence electrons. The molecule has 0 spiro atoms. The molecule has 0 aliphatic heterocycles. The molecular weight excluding hydrogens is 220 g/mol. The predicted octanol–water partition coefficient (Wildman–Crippen LogP) is 4.03. The SMILES string of the molecule is Cc1[nH]c2c(Cl)ncc(CC(C)C)c2c1C. The van der Waals surface area contributed by atoms with E-state index < -0.39 is 0 Å². The lowest BCUT2D eigenvalue weighted by Crippen LogP contribution is -1.96. The van der Waals surface area contributed by atoms with Crippen molar-refractivity contribution in [1.29, 1.82) is 0 Å². The molecule has 16 heavy (non-hydrogen) atoms. The number of aromatic amines is 1. The third kappa shape index (κ3) is 1.82. The van der Waals surface area contributed by atoms with Crippen LogP contribution in [0.5, 0.6) is 0 Å². The molecule has 1 N–H and O–H groups in total. The van der Waals surface area contributed by atoms with E-state index in [1.54, 1.807) is 0 Å². The molecule has 2 aromatic heterocycles. The van der Waals surface area contributed by atoms with Crippen molar-refractivity contribution in [2.75, 3.05) is 0 Å². The van der Waals surface area contributed by atoms with Gasteiger partial charge in [0.15, 0.2) is 5.15 Å². The molecule has 2 heterocycles.